The van der Waals surface area contributed by atoms with Crippen LogP contribution in [0.15, 0.2) is 23.1 Å². The molecule has 0 saturated carbocycles. The van der Waals surface area contributed by atoms with Gasteiger partial charge in [0.25, 0.3) is 0 Å². The van der Waals surface area contributed by atoms with Gasteiger partial charge in [-0.15, -0.1) is 0 Å². The van der Waals surface area contributed by atoms with Crippen molar-refractivity contribution in [1.82, 2.24) is 9.62 Å². The molecule has 0 aromatic heterocycles. The monoisotopic (exact) mass is 399 g/mol. The number of ether oxygens (including phenoxy) is 2. The highest BCUT2D eigenvalue weighted by Gasteiger charge is 2.32. The molecule has 1 saturated heterocycles. The molecule has 2 unspecified atom stereocenters. The number of hydrogen-bond acceptors (Lipinski definition) is 6. The number of carbonyl (C=O) groups excluding carboxylic acids is 1. The molecule has 27 heavy (non-hydrogen) atoms. The average Bonchev–Trinajstić information content (AvgIpc) is 3.02. The molecule has 8 nitrogen and oxygen atoms in total. The molecular formula is C18H29N3O5S. The van der Waals surface area contributed by atoms with E-state index in [-0.39, 0.29) is 29.3 Å². The first-order valence-electron chi connectivity index (χ1n) is 9.21. The van der Waals surface area contributed by atoms with Crippen LogP contribution in [0.25, 0.3) is 0 Å². The lowest BCUT2D eigenvalue weighted by Gasteiger charge is -2.21. The molecule has 9 heteroatoms. The fourth-order valence-corrected chi connectivity index (χ4v) is 4.19. The summed E-state index contributed by atoms with van der Waals surface area (Å²) in [6.45, 7) is 7.20. The summed E-state index contributed by atoms with van der Waals surface area (Å²) in [5.74, 6) is 0.846. The molecule has 1 aliphatic rings. The van der Waals surface area contributed by atoms with Crippen molar-refractivity contribution in [3.05, 3.63) is 18.2 Å². The molecule has 1 aromatic carbocycles. The molecule has 0 bridgehead atoms. The number of likely N-dealkylation sites (tertiary alicyclic amines) is 1. The molecule has 1 aromatic rings. The minimum atomic E-state index is -3.85. The molecule has 152 valence electrons. The van der Waals surface area contributed by atoms with Crippen LogP contribution in [0.5, 0.6) is 11.5 Å². The third-order valence-corrected chi connectivity index (χ3v) is 5.95. The van der Waals surface area contributed by atoms with Crippen molar-refractivity contribution in [3.63, 3.8) is 0 Å². The summed E-state index contributed by atoms with van der Waals surface area (Å²) in [6.07, 6.45) is 0.839. The summed E-state index contributed by atoms with van der Waals surface area (Å²) < 4.78 is 38.5. The van der Waals surface area contributed by atoms with E-state index in [1.54, 1.807) is 17.9 Å². The van der Waals surface area contributed by atoms with Gasteiger partial charge in [0.1, 0.15) is 0 Å². The molecule has 2 rings (SSSR count). The number of carbonyl (C=O) groups is 1. The van der Waals surface area contributed by atoms with Gasteiger partial charge in [-0.25, -0.2) is 13.1 Å². The number of amides is 1. The Hall–Kier alpha value is -1.84. The van der Waals surface area contributed by atoms with Crippen LogP contribution >= 0.6 is 0 Å². The lowest BCUT2D eigenvalue weighted by Crippen LogP contribution is -2.42. The van der Waals surface area contributed by atoms with E-state index in [4.69, 9.17) is 15.2 Å². The molecule has 0 aliphatic carbocycles. The zero-order valence-corrected chi connectivity index (χ0v) is 16.9. The Morgan fingerprint density at radius 3 is 2.52 bits per heavy atom. The molecule has 3 N–H and O–H groups in total. The fraction of sp³-hybridized carbons (Fsp3) is 0.611. The first-order chi connectivity index (χ1) is 12.8. The zero-order valence-electron chi connectivity index (χ0n) is 16.1. The van der Waals surface area contributed by atoms with Gasteiger partial charge < -0.3 is 20.1 Å². The van der Waals surface area contributed by atoms with Gasteiger partial charge in [-0.3, -0.25) is 4.79 Å². The highest BCUT2D eigenvalue weighted by molar-refractivity contribution is 7.89. The molecule has 0 spiro atoms. The number of benzene rings is 1. The number of hydrogen-bond donors (Lipinski definition) is 2. The van der Waals surface area contributed by atoms with Crippen LogP contribution in [-0.4, -0.2) is 58.1 Å². The van der Waals surface area contributed by atoms with E-state index in [0.29, 0.717) is 37.8 Å². The maximum atomic E-state index is 12.6. The van der Waals surface area contributed by atoms with Crippen LogP contribution in [-0.2, 0) is 14.8 Å². The second-order valence-corrected chi connectivity index (χ2v) is 8.30. The number of rotatable bonds is 9. The predicted octanol–water partition coefficient (Wildman–Crippen LogP) is 0.958. The van der Waals surface area contributed by atoms with Crippen LogP contribution in [0.1, 0.15) is 27.2 Å². The van der Waals surface area contributed by atoms with Gasteiger partial charge >= 0.3 is 0 Å². The molecule has 1 amide bonds. The number of nitrogens with zero attached hydrogens (tertiary/aromatic N) is 1. The number of nitrogens with two attached hydrogens (primary N) is 1. The van der Waals surface area contributed by atoms with Crippen molar-refractivity contribution in [1.29, 1.82) is 0 Å². The highest BCUT2D eigenvalue weighted by Crippen LogP contribution is 2.30. The Balaban J connectivity index is 2.07. The number of sulfonamides is 1. The van der Waals surface area contributed by atoms with Crippen molar-refractivity contribution in [2.75, 3.05) is 32.8 Å². The second-order valence-electron chi connectivity index (χ2n) is 6.53. The van der Waals surface area contributed by atoms with Crippen LogP contribution in [0, 0.1) is 5.92 Å². The van der Waals surface area contributed by atoms with E-state index in [1.165, 1.54) is 12.1 Å². The lowest BCUT2D eigenvalue weighted by molar-refractivity contribution is -0.130. The summed E-state index contributed by atoms with van der Waals surface area (Å²) in [6, 6.07) is 4.46. The first kappa shape index (κ1) is 21.5. The largest absolute Gasteiger partial charge is 0.490 e. The topological polar surface area (TPSA) is 111 Å². The quantitative estimate of drug-likeness (QED) is 0.640. The van der Waals surface area contributed by atoms with Gasteiger partial charge in [0.2, 0.25) is 15.9 Å². The SMILES string of the molecule is CCOc1ccc(S(=O)(=O)NCC(=O)N2CC(CN)CC2C)cc1OCC. The molecule has 1 aliphatic heterocycles. The smallest absolute Gasteiger partial charge is 0.241 e. The standard InChI is InChI=1S/C18H29N3O5S/c1-4-25-16-7-6-15(9-17(16)26-5-2)27(23,24)20-11-18(22)21-12-14(10-19)8-13(21)3/h6-7,9,13-14,20H,4-5,8,10-12,19H2,1-3H3. The van der Waals surface area contributed by atoms with Gasteiger partial charge in [0.15, 0.2) is 11.5 Å². The van der Waals surface area contributed by atoms with E-state index in [0.717, 1.165) is 6.42 Å². The van der Waals surface area contributed by atoms with Gasteiger partial charge in [0, 0.05) is 18.7 Å². The fourth-order valence-electron chi connectivity index (χ4n) is 3.20. The minimum Gasteiger partial charge on any atom is -0.490 e. The molecular weight excluding hydrogens is 370 g/mol. The van der Waals surface area contributed by atoms with Crippen molar-refractivity contribution in [2.45, 2.75) is 38.1 Å². The van der Waals surface area contributed by atoms with Gasteiger partial charge in [-0.2, -0.15) is 0 Å². The summed E-state index contributed by atoms with van der Waals surface area (Å²) in [7, 11) is -3.85. The molecule has 0 radical (unpaired) electrons. The van der Waals surface area contributed by atoms with E-state index in [9.17, 15) is 13.2 Å². The summed E-state index contributed by atoms with van der Waals surface area (Å²) >= 11 is 0. The third kappa shape index (κ3) is 5.33. The second kappa shape index (κ2) is 9.38. The molecule has 1 heterocycles. The molecule has 1 fully saturated rings. The van der Waals surface area contributed by atoms with Crippen LogP contribution in [0.2, 0.25) is 0 Å². The third-order valence-electron chi connectivity index (χ3n) is 4.55. The normalized spacial score (nSPS) is 19.9. The predicted molar refractivity (Wildman–Crippen MR) is 102 cm³/mol. The van der Waals surface area contributed by atoms with Crippen molar-refractivity contribution < 1.29 is 22.7 Å². The van der Waals surface area contributed by atoms with E-state index >= 15 is 0 Å². The van der Waals surface area contributed by atoms with Gasteiger partial charge in [-0.1, -0.05) is 0 Å². The van der Waals surface area contributed by atoms with E-state index < -0.39 is 10.0 Å². The minimum absolute atomic E-state index is 0.0245. The van der Waals surface area contributed by atoms with E-state index in [1.807, 2.05) is 13.8 Å². The lowest BCUT2D eigenvalue weighted by atomic mass is 10.1. The number of nitrogens with one attached hydrogen (secondary N) is 1. The first-order valence-corrected chi connectivity index (χ1v) is 10.7. The van der Waals surface area contributed by atoms with Crippen molar-refractivity contribution in [2.24, 2.45) is 11.7 Å². The Labute approximate surface area is 161 Å². The Morgan fingerprint density at radius 1 is 1.26 bits per heavy atom. The summed E-state index contributed by atoms with van der Waals surface area (Å²) in [5.41, 5.74) is 5.68. The van der Waals surface area contributed by atoms with E-state index in [2.05, 4.69) is 4.72 Å². The van der Waals surface area contributed by atoms with Gasteiger partial charge in [-0.05, 0) is 51.8 Å². The van der Waals surface area contributed by atoms with Crippen molar-refractivity contribution in [3.8, 4) is 11.5 Å². The zero-order chi connectivity index (χ0) is 20.0. The van der Waals surface area contributed by atoms with Gasteiger partial charge in [0.05, 0.1) is 24.7 Å². The van der Waals surface area contributed by atoms with Crippen molar-refractivity contribution >= 4 is 15.9 Å². The van der Waals surface area contributed by atoms with Crippen LogP contribution in [0.3, 0.4) is 0 Å². The summed E-state index contributed by atoms with van der Waals surface area (Å²) in [4.78, 5) is 14.1. The Kier molecular flexibility index (Phi) is 7.46. The molecule has 2 atom stereocenters. The maximum absolute atomic E-state index is 12.6. The Bertz CT molecular complexity index is 753. The van der Waals surface area contributed by atoms with Crippen LogP contribution < -0.4 is 19.9 Å². The maximum Gasteiger partial charge on any atom is 0.241 e. The van der Waals surface area contributed by atoms with Crippen LogP contribution in [0.4, 0.5) is 0 Å². The Morgan fingerprint density at radius 2 is 1.93 bits per heavy atom. The average molecular weight is 400 g/mol. The highest BCUT2D eigenvalue weighted by atomic mass is 32.2. The summed E-state index contributed by atoms with van der Waals surface area (Å²) in [5, 5.41) is 0.